The zero-order chi connectivity index (χ0) is 11.4. The second kappa shape index (κ2) is 5.21. The lowest BCUT2D eigenvalue weighted by Crippen LogP contribution is -2.36. The van der Waals surface area contributed by atoms with E-state index in [9.17, 15) is 8.42 Å². The van der Waals surface area contributed by atoms with Crippen LogP contribution in [0.5, 0.6) is 0 Å². The molecule has 0 amide bonds. The summed E-state index contributed by atoms with van der Waals surface area (Å²) in [5, 5.41) is 0. The van der Waals surface area contributed by atoms with E-state index in [4.69, 9.17) is 4.74 Å². The molecule has 1 aliphatic carbocycles. The summed E-state index contributed by atoms with van der Waals surface area (Å²) in [6.07, 6.45) is 8.88. The monoisotopic (exact) mass is 244 g/mol. The van der Waals surface area contributed by atoms with Crippen molar-refractivity contribution in [1.82, 2.24) is 0 Å². The van der Waals surface area contributed by atoms with Crippen LogP contribution >= 0.6 is 0 Å². The number of hydrogen-bond donors (Lipinski definition) is 0. The third-order valence-electron chi connectivity index (χ3n) is 3.35. The summed E-state index contributed by atoms with van der Waals surface area (Å²) in [4.78, 5) is 0. The van der Waals surface area contributed by atoms with Gasteiger partial charge in [-0.1, -0.05) is 0 Å². The number of ether oxygens (including phenoxy) is 1. The Kier molecular flexibility index (Phi) is 3.90. The molecular formula is C12H20O3S. The molecule has 1 aliphatic heterocycles. The molecule has 0 unspecified atom stereocenters. The van der Waals surface area contributed by atoms with E-state index in [1.807, 2.05) is 6.26 Å². The fourth-order valence-electron chi connectivity index (χ4n) is 2.42. The minimum atomic E-state index is -2.64. The van der Waals surface area contributed by atoms with Gasteiger partial charge in [0.25, 0.3) is 0 Å². The molecule has 0 aromatic heterocycles. The maximum atomic E-state index is 10.9. The smallest absolute Gasteiger partial charge is 0.150 e. The SMILES string of the molecule is O=S1(=O)CC(CCCOC=C2CCCC2)C1. The van der Waals surface area contributed by atoms with Crippen molar-refractivity contribution < 1.29 is 13.2 Å². The molecule has 1 heterocycles. The van der Waals surface area contributed by atoms with Crippen LogP contribution in [0.4, 0.5) is 0 Å². The highest BCUT2D eigenvalue weighted by molar-refractivity contribution is 7.92. The lowest BCUT2D eigenvalue weighted by molar-refractivity contribution is 0.232. The van der Waals surface area contributed by atoms with Crippen LogP contribution in [0, 0.1) is 5.92 Å². The highest BCUT2D eigenvalue weighted by atomic mass is 32.2. The second-order valence-electron chi connectivity index (χ2n) is 4.94. The van der Waals surface area contributed by atoms with Crippen molar-refractivity contribution in [3.05, 3.63) is 11.8 Å². The molecule has 1 saturated carbocycles. The summed E-state index contributed by atoms with van der Waals surface area (Å²) in [6.45, 7) is 0.736. The molecule has 0 bridgehead atoms. The molecule has 0 atom stereocenters. The molecule has 4 heteroatoms. The highest BCUT2D eigenvalue weighted by Gasteiger charge is 2.32. The highest BCUT2D eigenvalue weighted by Crippen LogP contribution is 2.24. The van der Waals surface area contributed by atoms with Gasteiger partial charge in [-0.2, -0.15) is 0 Å². The molecule has 92 valence electrons. The first-order valence-corrected chi connectivity index (χ1v) is 7.98. The quantitative estimate of drug-likeness (QED) is 0.550. The summed E-state index contributed by atoms with van der Waals surface area (Å²) in [5.41, 5.74) is 1.44. The molecule has 3 nitrogen and oxygen atoms in total. The molecule has 0 aromatic carbocycles. The van der Waals surface area contributed by atoms with E-state index in [0.717, 1.165) is 19.4 Å². The number of rotatable bonds is 5. The van der Waals surface area contributed by atoms with Crippen molar-refractivity contribution in [2.45, 2.75) is 38.5 Å². The average molecular weight is 244 g/mol. The summed E-state index contributed by atoms with van der Waals surface area (Å²) in [7, 11) is -2.64. The third kappa shape index (κ3) is 3.51. The second-order valence-corrected chi connectivity index (χ2v) is 7.09. The normalized spacial score (nSPS) is 24.1. The van der Waals surface area contributed by atoms with Crippen LogP contribution in [0.2, 0.25) is 0 Å². The van der Waals surface area contributed by atoms with E-state index in [0.29, 0.717) is 17.4 Å². The van der Waals surface area contributed by atoms with Gasteiger partial charge >= 0.3 is 0 Å². The topological polar surface area (TPSA) is 43.4 Å². The van der Waals surface area contributed by atoms with Crippen LogP contribution in [0.1, 0.15) is 38.5 Å². The Morgan fingerprint density at radius 1 is 1.25 bits per heavy atom. The van der Waals surface area contributed by atoms with Crippen LogP contribution in [0.15, 0.2) is 11.8 Å². The lowest BCUT2D eigenvalue weighted by Gasteiger charge is -2.25. The van der Waals surface area contributed by atoms with E-state index in [-0.39, 0.29) is 0 Å². The van der Waals surface area contributed by atoms with Gasteiger partial charge in [0, 0.05) is 0 Å². The standard InChI is InChI=1S/C12H20O3S/c13-16(14)9-12(10-16)6-3-7-15-8-11-4-1-2-5-11/h8,12H,1-7,9-10H2. The summed E-state index contributed by atoms with van der Waals surface area (Å²) in [5.74, 6) is 1.19. The first kappa shape index (κ1) is 12.0. The van der Waals surface area contributed by atoms with Gasteiger partial charge in [0.1, 0.15) is 0 Å². The Balaban J connectivity index is 1.51. The van der Waals surface area contributed by atoms with E-state index < -0.39 is 9.84 Å². The molecule has 0 N–H and O–H groups in total. The number of allylic oxidation sites excluding steroid dienone is 1. The van der Waals surface area contributed by atoms with Gasteiger partial charge in [-0.3, -0.25) is 0 Å². The van der Waals surface area contributed by atoms with Crippen LogP contribution in [0.25, 0.3) is 0 Å². The Hall–Kier alpha value is -0.510. The van der Waals surface area contributed by atoms with Gasteiger partial charge in [-0.25, -0.2) is 8.42 Å². The number of hydrogen-bond acceptors (Lipinski definition) is 3. The van der Waals surface area contributed by atoms with Crippen molar-refractivity contribution >= 4 is 9.84 Å². The van der Waals surface area contributed by atoms with Gasteiger partial charge in [0.05, 0.1) is 24.4 Å². The minimum absolute atomic E-state index is 0.396. The average Bonchev–Trinajstić information content (AvgIpc) is 2.67. The van der Waals surface area contributed by atoms with Crippen LogP contribution in [-0.4, -0.2) is 26.5 Å². The Labute approximate surface area is 97.8 Å². The van der Waals surface area contributed by atoms with Gasteiger partial charge < -0.3 is 4.74 Å². The van der Waals surface area contributed by atoms with Gasteiger partial charge in [0.15, 0.2) is 9.84 Å². The molecule has 0 radical (unpaired) electrons. The molecule has 2 aliphatic rings. The van der Waals surface area contributed by atoms with Gasteiger partial charge in [-0.15, -0.1) is 0 Å². The maximum absolute atomic E-state index is 10.9. The summed E-state index contributed by atoms with van der Waals surface area (Å²) in [6, 6.07) is 0. The van der Waals surface area contributed by atoms with E-state index in [2.05, 4.69) is 0 Å². The van der Waals surface area contributed by atoms with Gasteiger partial charge in [0.2, 0.25) is 0 Å². The summed E-state index contributed by atoms with van der Waals surface area (Å²) >= 11 is 0. The van der Waals surface area contributed by atoms with Crippen LogP contribution in [-0.2, 0) is 14.6 Å². The fraction of sp³-hybridized carbons (Fsp3) is 0.833. The zero-order valence-electron chi connectivity index (χ0n) is 9.65. The van der Waals surface area contributed by atoms with E-state index in [1.165, 1.54) is 31.3 Å². The Bertz CT molecular complexity index is 336. The zero-order valence-corrected chi connectivity index (χ0v) is 10.5. The molecule has 2 fully saturated rings. The van der Waals surface area contributed by atoms with Crippen molar-refractivity contribution in [2.24, 2.45) is 5.92 Å². The molecule has 0 spiro atoms. The molecule has 1 saturated heterocycles. The number of sulfone groups is 1. The Morgan fingerprint density at radius 3 is 2.56 bits per heavy atom. The van der Waals surface area contributed by atoms with Gasteiger partial charge in [-0.05, 0) is 50.0 Å². The third-order valence-corrected chi connectivity index (χ3v) is 5.31. The Morgan fingerprint density at radius 2 is 1.94 bits per heavy atom. The summed E-state index contributed by atoms with van der Waals surface area (Å²) < 4.78 is 27.3. The predicted molar refractivity (Wildman–Crippen MR) is 63.9 cm³/mol. The minimum Gasteiger partial charge on any atom is -0.501 e. The molecule has 2 rings (SSSR count). The van der Waals surface area contributed by atoms with Crippen molar-refractivity contribution in [3.63, 3.8) is 0 Å². The predicted octanol–water partition coefficient (Wildman–Crippen LogP) is 2.29. The molecular weight excluding hydrogens is 224 g/mol. The van der Waals surface area contributed by atoms with Crippen molar-refractivity contribution in [1.29, 1.82) is 0 Å². The van der Waals surface area contributed by atoms with Crippen LogP contribution < -0.4 is 0 Å². The van der Waals surface area contributed by atoms with Crippen molar-refractivity contribution in [3.8, 4) is 0 Å². The largest absolute Gasteiger partial charge is 0.501 e. The van der Waals surface area contributed by atoms with Crippen molar-refractivity contribution in [2.75, 3.05) is 18.1 Å². The van der Waals surface area contributed by atoms with E-state index in [1.54, 1.807) is 0 Å². The molecule has 16 heavy (non-hydrogen) atoms. The first-order valence-electron chi connectivity index (χ1n) is 6.16. The fourth-order valence-corrected chi connectivity index (χ4v) is 4.09. The first-order chi connectivity index (χ1) is 7.66. The maximum Gasteiger partial charge on any atom is 0.150 e. The van der Waals surface area contributed by atoms with Crippen LogP contribution in [0.3, 0.4) is 0 Å². The molecule has 0 aromatic rings. The van der Waals surface area contributed by atoms with E-state index >= 15 is 0 Å². The lowest BCUT2D eigenvalue weighted by atomic mass is 10.1.